The minimum atomic E-state index is -0.819. The van der Waals surface area contributed by atoms with E-state index in [4.69, 9.17) is 16.3 Å². The number of carbonyl (C=O) groups excluding carboxylic acids is 1. The lowest BCUT2D eigenvalue weighted by Crippen LogP contribution is -2.53. The van der Waals surface area contributed by atoms with E-state index in [2.05, 4.69) is 0 Å². The van der Waals surface area contributed by atoms with Gasteiger partial charge in [0.25, 0.3) is 0 Å². The second-order valence-electron chi connectivity index (χ2n) is 6.63. The summed E-state index contributed by atoms with van der Waals surface area (Å²) < 4.78 is 5.48. The van der Waals surface area contributed by atoms with Gasteiger partial charge in [-0.25, -0.2) is 0 Å². The van der Waals surface area contributed by atoms with Crippen molar-refractivity contribution in [3.63, 3.8) is 0 Å². The Kier molecular flexibility index (Phi) is 5.11. The van der Waals surface area contributed by atoms with Crippen LogP contribution in [-0.4, -0.2) is 48.2 Å². The third kappa shape index (κ3) is 3.28. The van der Waals surface area contributed by atoms with Crippen LogP contribution in [0.4, 0.5) is 0 Å². The van der Waals surface area contributed by atoms with Crippen LogP contribution < -0.4 is 0 Å². The smallest absolute Gasteiger partial charge is 0.308 e. The van der Waals surface area contributed by atoms with Crippen LogP contribution in [0.2, 0.25) is 5.02 Å². The number of hydrogen-bond donors (Lipinski definition) is 1. The van der Waals surface area contributed by atoms with Crippen molar-refractivity contribution in [1.82, 2.24) is 4.90 Å². The van der Waals surface area contributed by atoms with Crippen molar-refractivity contribution in [2.75, 3.05) is 26.3 Å². The van der Waals surface area contributed by atoms with Gasteiger partial charge in [-0.3, -0.25) is 9.59 Å². The lowest BCUT2D eigenvalue weighted by atomic mass is 9.72. The number of hydrogen-bond acceptors (Lipinski definition) is 3. The molecule has 2 fully saturated rings. The van der Waals surface area contributed by atoms with E-state index in [1.807, 2.05) is 12.1 Å². The molecule has 2 heterocycles. The number of carbonyl (C=O) groups is 2. The van der Waals surface area contributed by atoms with Crippen molar-refractivity contribution in [3.8, 4) is 0 Å². The van der Waals surface area contributed by atoms with E-state index >= 15 is 0 Å². The van der Waals surface area contributed by atoms with Crippen LogP contribution >= 0.6 is 11.6 Å². The summed E-state index contributed by atoms with van der Waals surface area (Å²) in [6.07, 6.45) is 2.59. The number of likely N-dealkylation sites (tertiary alicyclic amines) is 1. The summed E-state index contributed by atoms with van der Waals surface area (Å²) >= 11 is 5.99. The van der Waals surface area contributed by atoms with Gasteiger partial charge in [-0.1, -0.05) is 23.7 Å². The maximum Gasteiger partial charge on any atom is 0.308 e. The second kappa shape index (κ2) is 7.11. The number of amides is 1. The summed E-state index contributed by atoms with van der Waals surface area (Å²) in [4.78, 5) is 26.4. The Bertz CT molecular complexity index is 610. The second-order valence-corrected chi connectivity index (χ2v) is 7.07. The van der Waals surface area contributed by atoms with Crippen molar-refractivity contribution < 1.29 is 19.4 Å². The number of nitrogens with zero attached hydrogens (tertiary/aromatic N) is 1. The molecule has 1 aromatic rings. The van der Waals surface area contributed by atoms with Crippen LogP contribution in [0, 0.1) is 5.92 Å². The number of carboxylic acid groups (broad SMARTS) is 1. The Morgan fingerprint density at radius 2 is 1.88 bits per heavy atom. The predicted octanol–water partition coefficient (Wildman–Crippen LogP) is 2.71. The molecule has 2 aliphatic rings. The van der Waals surface area contributed by atoms with Crippen LogP contribution in [0.15, 0.2) is 24.3 Å². The number of halogens is 1. The van der Waals surface area contributed by atoms with Gasteiger partial charge in [0.2, 0.25) is 5.91 Å². The molecule has 1 N–H and O–H groups in total. The number of carboxylic acids is 1. The Hall–Kier alpha value is -1.59. The minimum Gasteiger partial charge on any atom is -0.481 e. The largest absolute Gasteiger partial charge is 0.481 e. The number of rotatable bonds is 3. The van der Waals surface area contributed by atoms with Crippen LogP contribution in [-0.2, 0) is 19.7 Å². The first-order valence-corrected chi connectivity index (χ1v) is 8.77. The van der Waals surface area contributed by atoms with Crippen LogP contribution in [0.3, 0.4) is 0 Å². The molecule has 1 aromatic carbocycles. The Labute approximate surface area is 146 Å². The molecule has 5 nitrogen and oxygen atoms in total. The molecule has 0 bridgehead atoms. The molecule has 0 spiro atoms. The number of benzene rings is 1. The van der Waals surface area contributed by atoms with Gasteiger partial charge in [-0.15, -0.1) is 0 Å². The Morgan fingerprint density at radius 1 is 1.21 bits per heavy atom. The minimum absolute atomic E-state index is 0.0269. The number of piperidine rings is 1. The van der Waals surface area contributed by atoms with Crippen molar-refractivity contribution in [2.45, 2.75) is 31.1 Å². The molecular weight excluding hydrogens is 330 g/mol. The van der Waals surface area contributed by atoms with Gasteiger partial charge in [0.15, 0.2) is 0 Å². The fraction of sp³-hybridized carbons (Fsp3) is 0.556. The molecule has 2 saturated heterocycles. The zero-order chi connectivity index (χ0) is 17.2. The maximum absolute atomic E-state index is 13.4. The van der Waals surface area contributed by atoms with Crippen LogP contribution in [0.5, 0.6) is 0 Å². The third-order valence-corrected chi connectivity index (χ3v) is 5.46. The van der Waals surface area contributed by atoms with Crippen molar-refractivity contribution in [3.05, 3.63) is 34.9 Å². The van der Waals surface area contributed by atoms with Gasteiger partial charge in [0, 0.05) is 31.3 Å². The van der Waals surface area contributed by atoms with E-state index in [-0.39, 0.29) is 5.91 Å². The van der Waals surface area contributed by atoms with Gasteiger partial charge in [0.05, 0.1) is 11.3 Å². The molecule has 0 aromatic heterocycles. The average molecular weight is 352 g/mol. The highest BCUT2D eigenvalue weighted by molar-refractivity contribution is 6.30. The highest BCUT2D eigenvalue weighted by Gasteiger charge is 2.45. The van der Waals surface area contributed by atoms with Crippen LogP contribution in [0.1, 0.15) is 31.2 Å². The van der Waals surface area contributed by atoms with E-state index < -0.39 is 17.3 Å². The maximum atomic E-state index is 13.4. The van der Waals surface area contributed by atoms with Crippen LogP contribution in [0.25, 0.3) is 0 Å². The third-order valence-electron chi connectivity index (χ3n) is 5.21. The summed E-state index contributed by atoms with van der Waals surface area (Å²) in [5, 5.41) is 9.92. The summed E-state index contributed by atoms with van der Waals surface area (Å²) in [6, 6.07) is 7.42. The van der Waals surface area contributed by atoms with Gasteiger partial charge in [-0.05, 0) is 43.4 Å². The summed E-state index contributed by atoms with van der Waals surface area (Å²) in [5.74, 6) is -1.26. The number of aliphatic carboxylic acids is 1. The first-order chi connectivity index (χ1) is 11.5. The van der Waals surface area contributed by atoms with E-state index in [1.165, 1.54) is 0 Å². The average Bonchev–Trinajstić information content (AvgIpc) is 2.62. The lowest BCUT2D eigenvalue weighted by molar-refractivity contribution is -0.149. The zero-order valence-electron chi connectivity index (χ0n) is 13.5. The SMILES string of the molecule is O=C(O)[C@@H]1CCCN(C(=O)C2(c3ccc(Cl)cc3)CCOCC2)C1. The normalized spacial score (nSPS) is 23.7. The Balaban J connectivity index is 1.89. The van der Waals surface area contributed by atoms with Crippen molar-refractivity contribution in [1.29, 1.82) is 0 Å². The van der Waals surface area contributed by atoms with E-state index in [0.29, 0.717) is 50.6 Å². The highest BCUT2D eigenvalue weighted by atomic mass is 35.5. The van der Waals surface area contributed by atoms with Crippen molar-refractivity contribution >= 4 is 23.5 Å². The first-order valence-electron chi connectivity index (χ1n) is 8.39. The quantitative estimate of drug-likeness (QED) is 0.909. The summed E-state index contributed by atoms with van der Waals surface area (Å²) in [6.45, 7) is 1.98. The summed E-state index contributed by atoms with van der Waals surface area (Å²) in [5.41, 5.74) is 0.307. The lowest BCUT2D eigenvalue weighted by Gasteiger charge is -2.42. The highest BCUT2D eigenvalue weighted by Crippen LogP contribution is 2.38. The van der Waals surface area contributed by atoms with Gasteiger partial charge < -0.3 is 14.7 Å². The molecule has 24 heavy (non-hydrogen) atoms. The fourth-order valence-corrected chi connectivity index (χ4v) is 3.91. The van der Waals surface area contributed by atoms with E-state index in [1.54, 1.807) is 17.0 Å². The Morgan fingerprint density at radius 3 is 2.50 bits per heavy atom. The fourth-order valence-electron chi connectivity index (χ4n) is 3.78. The molecule has 0 radical (unpaired) electrons. The molecule has 1 atom stereocenters. The molecule has 0 saturated carbocycles. The van der Waals surface area contributed by atoms with Gasteiger partial charge in [-0.2, -0.15) is 0 Å². The van der Waals surface area contributed by atoms with Gasteiger partial charge in [0.1, 0.15) is 0 Å². The zero-order valence-corrected chi connectivity index (χ0v) is 14.3. The monoisotopic (exact) mass is 351 g/mol. The molecular formula is C18H22ClNO4. The molecule has 6 heteroatoms. The van der Waals surface area contributed by atoms with Gasteiger partial charge >= 0.3 is 5.97 Å². The molecule has 0 unspecified atom stereocenters. The summed E-state index contributed by atoms with van der Waals surface area (Å²) in [7, 11) is 0. The van der Waals surface area contributed by atoms with E-state index in [0.717, 1.165) is 12.0 Å². The molecule has 130 valence electrons. The predicted molar refractivity (Wildman–Crippen MR) is 90.1 cm³/mol. The molecule has 2 aliphatic heterocycles. The molecule has 0 aliphatic carbocycles. The first kappa shape index (κ1) is 17.2. The molecule has 3 rings (SSSR count). The molecule has 1 amide bonds. The topological polar surface area (TPSA) is 66.8 Å². The standard InChI is InChI=1S/C18H22ClNO4/c19-15-5-3-14(4-6-15)18(7-10-24-11-8-18)17(23)20-9-1-2-13(12-20)16(21)22/h3-6,13H,1-2,7-12H2,(H,21,22)/t13-/m1/s1. The number of ether oxygens (including phenoxy) is 1. The van der Waals surface area contributed by atoms with Crippen molar-refractivity contribution in [2.24, 2.45) is 5.92 Å². The van der Waals surface area contributed by atoms with E-state index in [9.17, 15) is 14.7 Å².